The molecule has 0 saturated carbocycles. The third kappa shape index (κ3) is 4.22. The Hall–Kier alpha value is -0.710. The maximum Gasteiger partial charge on any atom is 0.133 e. The van der Waals surface area contributed by atoms with Crippen LogP contribution in [0.5, 0.6) is 11.5 Å². The van der Waals surface area contributed by atoms with Crippen molar-refractivity contribution >= 4 is 28.3 Å². The SMILES string of the molecule is C=CC(N)Cc1cc(OC)c(Br)cc1OC.Cl. The smallest absolute Gasteiger partial charge is 0.133 e. The van der Waals surface area contributed by atoms with Crippen molar-refractivity contribution in [3.63, 3.8) is 0 Å². The Bertz CT molecular complexity index is 385. The fourth-order valence-electron chi connectivity index (χ4n) is 1.42. The Labute approximate surface area is 117 Å². The summed E-state index contributed by atoms with van der Waals surface area (Å²) < 4.78 is 11.4. The average Bonchev–Trinajstić information content (AvgIpc) is 2.30. The Morgan fingerprint density at radius 3 is 2.41 bits per heavy atom. The first-order valence-corrected chi connectivity index (χ1v) is 5.70. The van der Waals surface area contributed by atoms with E-state index in [1.54, 1.807) is 20.3 Å². The molecule has 0 amide bonds. The fourth-order valence-corrected chi connectivity index (χ4v) is 1.90. The number of hydrogen-bond acceptors (Lipinski definition) is 3. The quantitative estimate of drug-likeness (QED) is 0.848. The van der Waals surface area contributed by atoms with Crippen molar-refractivity contribution in [1.82, 2.24) is 0 Å². The van der Waals surface area contributed by atoms with E-state index in [4.69, 9.17) is 15.2 Å². The van der Waals surface area contributed by atoms with Crippen molar-refractivity contribution < 1.29 is 9.47 Å². The number of halogens is 2. The molecule has 0 radical (unpaired) electrons. The summed E-state index contributed by atoms with van der Waals surface area (Å²) in [6.45, 7) is 3.67. The van der Waals surface area contributed by atoms with Gasteiger partial charge in [-0.15, -0.1) is 19.0 Å². The Morgan fingerprint density at radius 1 is 1.35 bits per heavy atom. The van der Waals surface area contributed by atoms with Crippen LogP contribution in [0, 0.1) is 0 Å². The number of nitrogens with two attached hydrogens (primary N) is 1. The van der Waals surface area contributed by atoms with Gasteiger partial charge in [-0.3, -0.25) is 0 Å². The molecular weight excluding hydrogens is 305 g/mol. The number of rotatable bonds is 5. The van der Waals surface area contributed by atoms with Crippen molar-refractivity contribution in [2.45, 2.75) is 12.5 Å². The highest BCUT2D eigenvalue weighted by molar-refractivity contribution is 9.10. The van der Waals surface area contributed by atoms with Gasteiger partial charge in [-0.1, -0.05) is 6.08 Å². The number of benzene rings is 1. The maximum absolute atomic E-state index is 5.83. The van der Waals surface area contributed by atoms with Gasteiger partial charge in [0.2, 0.25) is 0 Å². The molecule has 0 fully saturated rings. The van der Waals surface area contributed by atoms with Crippen LogP contribution < -0.4 is 15.2 Å². The lowest BCUT2D eigenvalue weighted by Crippen LogP contribution is -2.19. The molecule has 1 aromatic rings. The minimum absolute atomic E-state index is 0. The van der Waals surface area contributed by atoms with E-state index in [2.05, 4.69) is 22.5 Å². The third-order valence-electron chi connectivity index (χ3n) is 2.31. The standard InChI is InChI=1S/C12H16BrNO2.ClH/c1-4-9(14)5-8-6-12(16-3)10(13)7-11(8)15-2;/h4,6-7,9H,1,5,14H2,2-3H3;1H. The molecule has 0 heterocycles. The van der Waals surface area contributed by atoms with Crippen LogP contribution in [0.25, 0.3) is 0 Å². The third-order valence-corrected chi connectivity index (χ3v) is 2.93. The largest absolute Gasteiger partial charge is 0.496 e. The normalized spacial score (nSPS) is 11.3. The number of hydrogen-bond donors (Lipinski definition) is 1. The van der Waals surface area contributed by atoms with Crippen LogP contribution in [-0.4, -0.2) is 20.3 Å². The lowest BCUT2D eigenvalue weighted by Gasteiger charge is -2.14. The van der Waals surface area contributed by atoms with E-state index in [1.807, 2.05) is 12.1 Å². The molecule has 0 bridgehead atoms. The zero-order chi connectivity index (χ0) is 12.1. The molecule has 1 aromatic carbocycles. The minimum atomic E-state index is -0.0835. The van der Waals surface area contributed by atoms with Crippen molar-refractivity contribution in [1.29, 1.82) is 0 Å². The molecule has 17 heavy (non-hydrogen) atoms. The van der Waals surface area contributed by atoms with Crippen LogP contribution in [0.15, 0.2) is 29.3 Å². The first-order valence-electron chi connectivity index (χ1n) is 4.91. The number of ether oxygens (including phenoxy) is 2. The van der Waals surface area contributed by atoms with Gasteiger partial charge < -0.3 is 15.2 Å². The average molecular weight is 323 g/mol. The summed E-state index contributed by atoms with van der Waals surface area (Å²) >= 11 is 3.41. The van der Waals surface area contributed by atoms with E-state index in [-0.39, 0.29) is 18.4 Å². The predicted octanol–water partition coefficient (Wildman–Crippen LogP) is 2.94. The summed E-state index contributed by atoms with van der Waals surface area (Å²) in [6.07, 6.45) is 2.39. The van der Waals surface area contributed by atoms with E-state index in [0.29, 0.717) is 6.42 Å². The topological polar surface area (TPSA) is 44.5 Å². The lowest BCUT2D eigenvalue weighted by molar-refractivity contribution is 0.396. The van der Waals surface area contributed by atoms with E-state index >= 15 is 0 Å². The van der Waals surface area contributed by atoms with Crippen LogP contribution in [0.1, 0.15) is 5.56 Å². The van der Waals surface area contributed by atoms with Gasteiger partial charge in [-0.25, -0.2) is 0 Å². The monoisotopic (exact) mass is 321 g/mol. The highest BCUT2D eigenvalue weighted by atomic mass is 79.9. The fraction of sp³-hybridized carbons (Fsp3) is 0.333. The molecule has 0 aromatic heterocycles. The van der Waals surface area contributed by atoms with Crippen molar-refractivity contribution in [3.05, 3.63) is 34.8 Å². The minimum Gasteiger partial charge on any atom is -0.496 e. The molecule has 0 aliphatic heterocycles. The van der Waals surface area contributed by atoms with Crippen molar-refractivity contribution in [2.24, 2.45) is 5.73 Å². The van der Waals surface area contributed by atoms with Gasteiger partial charge in [0.1, 0.15) is 11.5 Å². The van der Waals surface area contributed by atoms with Crippen molar-refractivity contribution in [2.75, 3.05) is 14.2 Å². The summed E-state index contributed by atoms with van der Waals surface area (Å²) in [5.74, 6) is 1.57. The van der Waals surface area contributed by atoms with Gasteiger partial charge in [0.05, 0.1) is 18.7 Å². The first-order chi connectivity index (χ1) is 7.62. The molecule has 1 unspecified atom stereocenters. The van der Waals surface area contributed by atoms with Crippen molar-refractivity contribution in [3.8, 4) is 11.5 Å². The molecule has 3 nitrogen and oxygen atoms in total. The second-order valence-electron chi connectivity index (χ2n) is 3.40. The summed E-state index contributed by atoms with van der Waals surface area (Å²) in [4.78, 5) is 0. The van der Waals surface area contributed by atoms with E-state index in [9.17, 15) is 0 Å². The molecule has 0 saturated heterocycles. The Morgan fingerprint density at radius 2 is 1.94 bits per heavy atom. The molecule has 1 atom stereocenters. The second kappa shape index (κ2) is 7.58. The van der Waals surface area contributed by atoms with Gasteiger partial charge >= 0.3 is 0 Å². The van der Waals surface area contributed by atoms with E-state index in [1.165, 1.54) is 0 Å². The molecule has 0 spiro atoms. The predicted molar refractivity (Wildman–Crippen MR) is 76.4 cm³/mol. The van der Waals surface area contributed by atoms with Gasteiger partial charge in [0, 0.05) is 6.04 Å². The first kappa shape index (κ1) is 16.3. The summed E-state index contributed by atoms with van der Waals surface area (Å²) in [5.41, 5.74) is 6.84. The Balaban J connectivity index is 0.00000256. The molecular formula is C12H17BrClNO2. The van der Waals surface area contributed by atoms with Gasteiger partial charge in [0.25, 0.3) is 0 Å². The van der Waals surface area contributed by atoms with E-state index < -0.39 is 0 Å². The van der Waals surface area contributed by atoms with Crippen LogP contribution in [-0.2, 0) is 6.42 Å². The zero-order valence-corrected chi connectivity index (χ0v) is 12.3. The van der Waals surface area contributed by atoms with Crippen LogP contribution in [0.3, 0.4) is 0 Å². The van der Waals surface area contributed by atoms with E-state index in [0.717, 1.165) is 21.5 Å². The zero-order valence-electron chi connectivity index (χ0n) is 9.90. The second-order valence-corrected chi connectivity index (χ2v) is 4.26. The summed E-state index contributed by atoms with van der Waals surface area (Å²) in [6, 6.07) is 3.72. The molecule has 5 heteroatoms. The van der Waals surface area contributed by atoms with Crippen LogP contribution in [0.4, 0.5) is 0 Å². The molecule has 0 aliphatic carbocycles. The molecule has 96 valence electrons. The molecule has 0 aliphatic rings. The number of methoxy groups -OCH3 is 2. The highest BCUT2D eigenvalue weighted by Gasteiger charge is 2.11. The Kier molecular flexibility index (Phi) is 7.27. The van der Waals surface area contributed by atoms with Gasteiger partial charge in [-0.05, 0) is 40.0 Å². The molecule has 2 N–H and O–H groups in total. The lowest BCUT2D eigenvalue weighted by atomic mass is 10.1. The highest BCUT2D eigenvalue weighted by Crippen LogP contribution is 2.33. The van der Waals surface area contributed by atoms with Gasteiger partial charge in [-0.2, -0.15) is 0 Å². The van der Waals surface area contributed by atoms with Crippen LogP contribution in [0.2, 0.25) is 0 Å². The van der Waals surface area contributed by atoms with Gasteiger partial charge in [0.15, 0.2) is 0 Å². The van der Waals surface area contributed by atoms with Crippen LogP contribution >= 0.6 is 28.3 Å². The summed E-state index contributed by atoms with van der Waals surface area (Å²) in [5, 5.41) is 0. The maximum atomic E-state index is 5.83. The summed E-state index contributed by atoms with van der Waals surface area (Å²) in [7, 11) is 3.26. The molecule has 1 rings (SSSR count).